The SMILES string of the molecule is COCCCN(CCOC)CC(O)COC(C)C. The Bertz CT molecular complexity index is 178. The number of nitrogens with zero attached hydrogens (tertiary/aromatic N) is 1. The van der Waals surface area contributed by atoms with Crippen molar-refractivity contribution in [1.82, 2.24) is 4.90 Å². The summed E-state index contributed by atoms with van der Waals surface area (Å²) in [5.41, 5.74) is 0. The van der Waals surface area contributed by atoms with Crippen LogP contribution in [-0.4, -0.2) is 75.9 Å². The van der Waals surface area contributed by atoms with Crippen LogP contribution in [0.25, 0.3) is 0 Å². The van der Waals surface area contributed by atoms with E-state index in [9.17, 15) is 5.11 Å². The summed E-state index contributed by atoms with van der Waals surface area (Å²) < 4.78 is 15.5. The Labute approximate surface area is 111 Å². The van der Waals surface area contributed by atoms with Crippen molar-refractivity contribution in [3.05, 3.63) is 0 Å². The minimum atomic E-state index is -0.452. The third kappa shape index (κ3) is 10.9. The van der Waals surface area contributed by atoms with E-state index in [0.717, 1.165) is 26.1 Å². The molecule has 18 heavy (non-hydrogen) atoms. The van der Waals surface area contributed by atoms with Crippen LogP contribution in [0.5, 0.6) is 0 Å². The van der Waals surface area contributed by atoms with Crippen LogP contribution in [0.3, 0.4) is 0 Å². The highest BCUT2D eigenvalue weighted by Gasteiger charge is 2.12. The van der Waals surface area contributed by atoms with E-state index in [1.165, 1.54) is 0 Å². The smallest absolute Gasteiger partial charge is 0.0900 e. The first kappa shape index (κ1) is 17.8. The molecule has 110 valence electrons. The molecule has 0 saturated heterocycles. The van der Waals surface area contributed by atoms with Crippen LogP contribution in [0.1, 0.15) is 20.3 Å². The van der Waals surface area contributed by atoms with Gasteiger partial charge in [-0.2, -0.15) is 0 Å². The van der Waals surface area contributed by atoms with Gasteiger partial charge in [0.15, 0.2) is 0 Å². The Morgan fingerprint density at radius 3 is 2.28 bits per heavy atom. The van der Waals surface area contributed by atoms with Gasteiger partial charge in [0.25, 0.3) is 0 Å². The zero-order valence-corrected chi connectivity index (χ0v) is 12.2. The van der Waals surface area contributed by atoms with Gasteiger partial charge in [-0.25, -0.2) is 0 Å². The lowest BCUT2D eigenvalue weighted by atomic mass is 10.3. The molecule has 0 aliphatic carbocycles. The number of hydrogen-bond donors (Lipinski definition) is 1. The third-order valence-electron chi connectivity index (χ3n) is 2.53. The molecule has 0 aliphatic heterocycles. The summed E-state index contributed by atoms with van der Waals surface area (Å²) in [5, 5.41) is 9.89. The van der Waals surface area contributed by atoms with E-state index in [2.05, 4.69) is 4.90 Å². The summed E-state index contributed by atoms with van der Waals surface area (Å²) in [6, 6.07) is 0. The van der Waals surface area contributed by atoms with E-state index in [1.54, 1.807) is 14.2 Å². The minimum Gasteiger partial charge on any atom is -0.389 e. The number of rotatable bonds is 12. The third-order valence-corrected chi connectivity index (χ3v) is 2.53. The molecule has 0 aliphatic rings. The quantitative estimate of drug-likeness (QED) is 0.527. The van der Waals surface area contributed by atoms with Crippen molar-refractivity contribution in [3.63, 3.8) is 0 Å². The van der Waals surface area contributed by atoms with E-state index < -0.39 is 6.10 Å². The Morgan fingerprint density at radius 2 is 1.72 bits per heavy atom. The number of methoxy groups -OCH3 is 2. The van der Waals surface area contributed by atoms with Gasteiger partial charge in [0.1, 0.15) is 0 Å². The second kappa shape index (κ2) is 11.9. The average Bonchev–Trinajstić information content (AvgIpc) is 2.33. The van der Waals surface area contributed by atoms with Crippen molar-refractivity contribution in [2.24, 2.45) is 0 Å². The number of ether oxygens (including phenoxy) is 3. The van der Waals surface area contributed by atoms with Crippen molar-refractivity contribution < 1.29 is 19.3 Å². The lowest BCUT2D eigenvalue weighted by molar-refractivity contribution is -0.0117. The number of aliphatic hydroxyl groups is 1. The van der Waals surface area contributed by atoms with Crippen LogP contribution in [0.4, 0.5) is 0 Å². The topological polar surface area (TPSA) is 51.2 Å². The molecule has 0 spiro atoms. The molecule has 0 bridgehead atoms. The Balaban J connectivity index is 3.88. The number of hydrogen-bond acceptors (Lipinski definition) is 5. The summed E-state index contributed by atoms with van der Waals surface area (Å²) >= 11 is 0. The standard InChI is InChI=1S/C13H29NO4/c1-12(2)18-11-13(15)10-14(7-9-17-4)6-5-8-16-3/h12-13,15H,5-11H2,1-4H3. The molecule has 5 nitrogen and oxygen atoms in total. The Hall–Kier alpha value is -0.200. The van der Waals surface area contributed by atoms with E-state index in [-0.39, 0.29) is 6.10 Å². The molecule has 0 rings (SSSR count). The summed E-state index contributed by atoms with van der Waals surface area (Å²) in [6.07, 6.45) is 0.658. The van der Waals surface area contributed by atoms with Gasteiger partial charge in [-0.15, -0.1) is 0 Å². The fraction of sp³-hybridized carbons (Fsp3) is 1.00. The molecule has 1 unspecified atom stereocenters. The molecule has 0 radical (unpaired) electrons. The Morgan fingerprint density at radius 1 is 1.06 bits per heavy atom. The maximum Gasteiger partial charge on any atom is 0.0900 e. The molecule has 5 heteroatoms. The van der Waals surface area contributed by atoms with Crippen LogP contribution in [0, 0.1) is 0 Å². The first-order valence-corrected chi connectivity index (χ1v) is 6.60. The second-order valence-electron chi connectivity index (χ2n) is 4.68. The predicted molar refractivity (Wildman–Crippen MR) is 71.9 cm³/mol. The lowest BCUT2D eigenvalue weighted by Crippen LogP contribution is -2.38. The molecule has 0 aromatic heterocycles. The molecule has 0 saturated carbocycles. The van der Waals surface area contributed by atoms with Gasteiger partial charge in [0.05, 0.1) is 25.4 Å². The van der Waals surface area contributed by atoms with Crippen molar-refractivity contribution in [3.8, 4) is 0 Å². The van der Waals surface area contributed by atoms with Crippen molar-refractivity contribution in [2.75, 3.05) is 53.7 Å². The van der Waals surface area contributed by atoms with E-state index in [0.29, 0.717) is 19.8 Å². The summed E-state index contributed by atoms with van der Waals surface area (Å²) in [7, 11) is 3.39. The van der Waals surface area contributed by atoms with Gasteiger partial charge in [0, 0.05) is 40.5 Å². The first-order valence-electron chi connectivity index (χ1n) is 6.60. The minimum absolute atomic E-state index is 0.153. The molecule has 0 aromatic carbocycles. The normalized spacial score (nSPS) is 13.5. The van der Waals surface area contributed by atoms with Gasteiger partial charge in [-0.1, -0.05) is 0 Å². The summed E-state index contributed by atoms with van der Waals surface area (Å²) in [6.45, 7) is 8.05. The molecule has 0 aromatic rings. The molecule has 1 atom stereocenters. The fourth-order valence-corrected chi connectivity index (χ4v) is 1.60. The van der Waals surface area contributed by atoms with Crippen molar-refractivity contribution in [2.45, 2.75) is 32.5 Å². The van der Waals surface area contributed by atoms with Gasteiger partial charge in [0.2, 0.25) is 0 Å². The fourth-order valence-electron chi connectivity index (χ4n) is 1.60. The second-order valence-corrected chi connectivity index (χ2v) is 4.68. The lowest BCUT2D eigenvalue weighted by Gasteiger charge is -2.25. The molecule has 0 amide bonds. The summed E-state index contributed by atoms with van der Waals surface area (Å²) in [4.78, 5) is 2.18. The predicted octanol–water partition coefficient (Wildman–Crippen LogP) is 0.757. The maximum atomic E-state index is 9.89. The molecular formula is C13H29NO4. The van der Waals surface area contributed by atoms with Gasteiger partial charge < -0.3 is 19.3 Å². The molecular weight excluding hydrogens is 234 g/mol. The maximum absolute atomic E-state index is 9.89. The Kier molecular flexibility index (Phi) is 11.7. The molecule has 0 heterocycles. The highest BCUT2D eigenvalue weighted by atomic mass is 16.5. The van der Waals surface area contributed by atoms with Crippen molar-refractivity contribution in [1.29, 1.82) is 0 Å². The van der Waals surface area contributed by atoms with Crippen LogP contribution in [-0.2, 0) is 14.2 Å². The van der Waals surface area contributed by atoms with Gasteiger partial charge >= 0.3 is 0 Å². The largest absolute Gasteiger partial charge is 0.389 e. The molecule has 0 fully saturated rings. The van der Waals surface area contributed by atoms with E-state index >= 15 is 0 Å². The molecule has 1 N–H and O–H groups in total. The van der Waals surface area contributed by atoms with Gasteiger partial charge in [-0.05, 0) is 20.3 Å². The van der Waals surface area contributed by atoms with E-state index in [1.807, 2.05) is 13.8 Å². The van der Waals surface area contributed by atoms with Crippen LogP contribution in [0.2, 0.25) is 0 Å². The van der Waals surface area contributed by atoms with Crippen LogP contribution in [0.15, 0.2) is 0 Å². The monoisotopic (exact) mass is 263 g/mol. The zero-order chi connectivity index (χ0) is 13.8. The number of aliphatic hydroxyl groups excluding tert-OH is 1. The van der Waals surface area contributed by atoms with Gasteiger partial charge in [-0.3, -0.25) is 4.90 Å². The average molecular weight is 263 g/mol. The summed E-state index contributed by atoms with van der Waals surface area (Å²) in [5.74, 6) is 0. The van der Waals surface area contributed by atoms with Crippen LogP contribution >= 0.6 is 0 Å². The highest BCUT2D eigenvalue weighted by Crippen LogP contribution is 1.98. The van der Waals surface area contributed by atoms with Crippen LogP contribution < -0.4 is 0 Å². The first-order chi connectivity index (χ1) is 8.60. The highest BCUT2D eigenvalue weighted by molar-refractivity contribution is 4.65. The van der Waals surface area contributed by atoms with E-state index in [4.69, 9.17) is 14.2 Å². The zero-order valence-electron chi connectivity index (χ0n) is 12.2. The van der Waals surface area contributed by atoms with Crippen molar-refractivity contribution >= 4 is 0 Å².